The number of H-pyrrole nitrogens is 3. The molecule has 0 atom stereocenters. The first kappa shape index (κ1) is 71.8. The number of fused-ring (bicyclic) bond motifs is 25. The van der Waals surface area contributed by atoms with Crippen molar-refractivity contribution in [2.45, 2.75) is 0 Å². The molecule has 15 rings (SSSR count). The minimum atomic E-state index is -5.87. The Labute approximate surface area is 628 Å². The van der Waals surface area contributed by atoms with E-state index in [1.165, 1.54) is 60.7 Å². The predicted octanol–water partition coefficient (Wildman–Crippen LogP) is 8.51. The summed E-state index contributed by atoms with van der Waals surface area (Å²) in [7, 11) is -46.0. The van der Waals surface area contributed by atoms with Crippen LogP contribution >= 0.6 is 0 Å². The molecule has 11 N–H and O–H groups in total. The third-order valence-electron chi connectivity index (χ3n) is 16.0. The van der Waals surface area contributed by atoms with Crippen LogP contribution < -0.4 is 33.5 Å². The first-order valence-electron chi connectivity index (χ1n) is 27.0. The number of hydrogen-bond acceptors (Lipinski definition) is 24. The van der Waals surface area contributed by atoms with Crippen molar-refractivity contribution in [3.8, 4) is 46.0 Å². The largest absolute Gasteiger partial charge is 0.446 e. The minimum Gasteiger partial charge on any atom is -0.360 e. The summed E-state index contributed by atoms with van der Waals surface area (Å²) >= 11 is 0. The predicted molar refractivity (Wildman–Crippen MR) is 363 cm³/mol. The van der Waals surface area contributed by atoms with Crippen LogP contribution in [0.25, 0.3) is 152 Å². The fourth-order valence-corrected chi connectivity index (χ4v) is 16.3. The van der Waals surface area contributed by atoms with Gasteiger partial charge in [-0.15, -0.1) is 0 Å². The number of aromatic nitrogens is 3. The molecule has 0 saturated heterocycles. The molecule has 101 heavy (non-hydrogen) atoms. The van der Waals surface area contributed by atoms with Gasteiger partial charge in [-0.3, -0.25) is 36.4 Å². The quantitative estimate of drug-likeness (QED) is 0.0245. The minimum absolute atomic E-state index is 0. The summed E-state index contributed by atoms with van der Waals surface area (Å²) in [5, 5.41) is -11.1. The molecule has 0 saturated carbocycles. The zero-order valence-corrected chi connectivity index (χ0v) is 61.3. The van der Waals surface area contributed by atoms with E-state index in [0.29, 0.717) is 0 Å². The zero-order chi connectivity index (χ0) is 70.7. The summed E-state index contributed by atoms with van der Waals surface area (Å²) < 4.78 is 338. The van der Waals surface area contributed by atoms with Crippen LogP contribution in [-0.2, 0) is 83.2 Å². The maximum atomic E-state index is 13.5. The maximum Gasteiger partial charge on any atom is 0.446 e. The fraction of sp³-hybridized carbons (Fsp3) is 0. The molecule has 0 spiro atoms. The van der Waals surface area contributed by atoms with Gasteiger partial charge in [-0.25, -0.2) is 0 Å². The van der Waals surface area contributed by atoms with Crippen LogP contribution in [0.1, 0.15) is 0 Å². The Balaban J connectivity index is 0.00000456. The fourth-order valence-electron chi connectivity index (χ4n) is 13.2. The van der Waals surface area contributed by atoms with Crippen LogP contribution in [0.5, 0.6) is 46.0 Å². The van der Waals surface area contributed by atoms with Gasteiger partial charge in [0.15, 0.2) is 46.0 Å². The average molecular weight is 1580 g/mol. The average Bonchev–Trinajstić information content (AvgIpc) is 1.51. The van der Waals surface area contributed by atoms with Gasteiger partial charge in [-0.2, -0.15) is 67.3 Å². The summed E-state index contributed by atoms with van der Waals surface area (Å²) in [6.45, 7) is 0. The Morgan fingerprint density at radius 2 is 0.366 bits per heavy atom. The number of benzene rings is 12. The molecule has 512 valence electrons. The van der Waals surface area contributed by atoms with E-state index in [1.807, 2.05) is 0 Å². The van der Waals surface area contributed by atoms with Crippen LogP contribution in [0.4, 0.5) is 0 Å². The van der Waals surface area contributed by atoms with E-state index in [-0.39, 0.29) is 102 Å². The van der Waals surface area contributed by atoms with Crippen molar-refractivity contribution in [1.82, 2.24) is 15.0 Å². The van der Waals surface area contributed by atoms with Gasteiger partial charge >= 0.3 is 83.2 Å². The Hall–Kier alpha value is -7.56. The SMILES string of the molecule is O=S(=O)(O)Oc1c2ccccc2c(OS(=O)(=O)O)c2c1ccc1c2[nH]c2c3c(OS(=O)(=O)O)c4ccccc4c(OS(=O)(=O)O)c3c3[nH]c4c5c(OS(=O)(=O)O)c6ccccc6c(OS(=O)(=O)O)c5c5[nH]c6c(ccc7c(OS(=O)(=O)O)c8ccccc8c(OS(=O)(=O)O)c76)c5c4c3c12.[K].[Na]. The summed E-state index contributed by atoms with van der Waals surface area (Å²) in [6.07, 6.45) is 0. The topological polar surface area (TPSA) is 556 Å². The standard InChI is InChI=1S/C56H31N3O32S8.K.Na/c60-92(61,62)84-49-21-9-1-3-11-23(21)51(86-94(66,67)68)35-31(49)19-17-29-33-37-38-34-30-18-20-32-36(52(87-95(69,70)71)24-12-4-2-10-22(24)50(32)85-93(63,64)65)44(30)58-46(34)40-42(56(91-99(81,82)83)28-16-8-6-14-26(28)54(40)89-97(75,76)77)48(38)59-47(37)41-39(45(33)57-43(29)35)53(88-96(72,73)74)25-13-5-7-15-27(25)55(41)90-98(78,79)80;;/h1-20,57-59H,(H,60,61,62)(H,63,64,65)(H,66,67,68)(H,69,70,71)(H,72,73,74)(H,75,76,77)(H,78,79,80)(H,81,82,83);;. The number of nitrogens with one attached hydrogen (secondary N) is 3. The molecule has 35 nitrogen and oxygen atoms in total. The normalized spacial score (nSPS) is 13.2. The molecular weight excluding hydrogens is 1550 g/mol. The maximum absolute atomic E-state index is 13.5. The first-order chi connectivity index (χ1) is 46.1. The van der Waals surface area contributed by atoms with Gasteiger partial charge in [-0.1, -0.05) is 109 Å². The third kappa shape index (κ3) is 12.4. The van der Waals surface area contributed by atoms with Gasteiger partial charge < -0.3 is 48.4 Å². The van der Waals surface area contributed by atoms with E-state index in [4.69, 9.17) is 33.5 Å². The van der Waals surface area contributed by atoms with Crippen molar-refractivity contribution in [1.29, 1.82) is 0 Å². The molecule has 0 bridgehead atoms. The van der Waals surface area contributed by atoms with Gasteiger partial charge in [-0.05, 0) is 12.1 Å². The van der Waals surface area contributed by atoms with Crippen LogP contribution in [0.15, 0.2) is 121 Å². The zero-order valence-electron chi connectivity index (χ0n) is 49.7. The second kappa shape index (κ2) is 24.0. The van der Waals surface area contributed by atoms with E-state index in [0.717, 1.165) is 60.7 Å². The van der Waals surface area contributed by atoms with Crippen molar-refractivity contribution in [3.63, 3.8) is 0 Å². The van der Waals surface area contributed by atoms with E-state index in [2.05, 4.69) is 15.0 Å². The van der Waals surface area contributed by atoms with E-state index in [9.17, 15) is 104 Å². The van der Waals surface area contributed by atoms with Crippen molar-refractivity contribution < 1.29 is 137 Å². The Morgan fingerprint density at radius 3 is 0.584 bits per heavy atom. The molecule has 0 unspecified atom stereocenters. The number of rotatable bonds is 16. The summed E-state index contributed by atoms with van der Waals surface area (Å²) in [4.78, 5) is 8.99. The molecule has 0 fully saturated rings. The Morgan fingerprint density at radius 1 is 0.198 bits per heavy atom. The number of aromatic amines is 3. The second-order valence-corrected chi connectivity index (χ2v) is 29.8. The summed E-state index contributed by atoms with van der Waals surface area (Å²) in [6, 6.07) is 23.4. The second-order valence-electron chi connectivity index (χ2n) is 21.6. The Bertz CT molecular complexity index is 6930. The van der Waals surface area contributed by atoms with Crippen LogP contribution in [0.3, 0.4) is 0 Å². The van der Waals surface area contributed by atoms with Crippen LogP contribution in [0, 0.1) is 0 Å². The monoisotopic (exact) mass is 1570 g/mol. The van der Waals surface area contributed by atoms with Crippen LogP contribution in [-0.4, -0.2) is 200 Å². The molecule has 0 aliphatic carbocycles. The molecule has 3 heterocycles. The third-order valence-corrected chi connectivity index (χ3v) is 19.0. The molecule has 0 aliphatic heterocycles. The van der Waals surface area contributed by atoms with Gasteiger partial charge in [0, 0.05) is 167 Å². The molecular formula is C56H31KN3NaO32S8. The first-order valence-corrected chi connectivity index (χ1v) is 37.9. The van der Waals surface area contributed by atoms with Crippen LogP contribution in [0.2, 0.25) is 0 Å². The summed E-state index contributed by atoms with van der Waals surface area (Å²) in [5.41, 5.74) is -3.43. The van der Waals surface area contributed by atoms with Gasteiger partial charge in [0.2, 0.25) is 0 Å². The summed E-state index contributed by atoms with van der Waals surface area (Å²) in [5.74, 6) is -7.21. The molecule has 0 amide bonds. The van der Waals surface area contributed by atoms with E-state index < -0.39 is 259 Å². The van der Waals surface area contributed by atoms with Crippen molar-refractivity contribution in [3.05, 3.63) is 121 Å². The molecule has 45 heteroatoms. The van der Waals surface area contributed by atoms with Gasteiger partial charge in [0.05, 0.1) is 65.4 Å². The molecule has 15 aromatic rings. The van der Waals surface area contributed by atoms with Gasteiger partial charge in [0.25, 0.3) is 0 Å². The van der Waals surface area contributed by atoms with E-state index in [1.54, 1.807) is 0 Å². The van der Waals surface area contributed by atoms with E-state index >= 15 is 0 Å². The van der Waals surface area contributed by atoms with Crippen molar-refractivity contribution in [2.75, 3.05) is 0 Å². The smallest absolute Gasteiger partial charge is 0.360 e. The molecule has 2 radical (unpaired) electrons. The molecule has 3 aromatic heterocycles. The molecule has 0 aliphatic rings. The van der Waals surface area contributed by atoms with Crippen molar-refractivity contribution >= 4 is 316 Å². The van der Waals surface area contributed by atoms with Crippen molar-refractivity contribution in [2.24, 2.45) is 0 Å². The number of hydrogen-bond donors (Lipinski definition) is 11. The Kier molecular flexibility index (Phi) is 17.1. The van der Waals surface area contributed by atoms with Gasteiger partial charge in [0.1, 0.15) is 0 Å². The molecule has 12 aromatic carbocycles.